The van der Waals surface area contributed by atoms with Crippen LogP contribution < -0.4 is 10.5 Å². The third kappa shape index (κ3) is 4.13. The number of hydrogen-bond donors (Lipinski definition) is 1. The van der Waals surface area contributed by atoms with E-state index in [4.69, 9.17) is 15.2 Å². The molecule has 4 rings (SSSR count). The molecule has 2 amide bonds. The zero-order chi connectivity index (χ0) is 23.9. The SMILES string of the molecule is COc1cccc(-c2c3c(n(C)c2-c2ccnc(N)n2)CCN(C(=O)OC(C)(C)C)C3=O)c1. The molecule has 33 heavy (non-hydrogen) atoms. The van der Waals surface area contributed by atoms with Gasteiger partial charge in [0.05, 0.1) is 24.1 Å². The summed E-state index contributed by atoms with van der Waals surface area (Å²) in [4.78, 5) is 36.0. The van der Waals surface area contributed by atoms with E-state index in [1.807, 2.05) is 35.9 Å². The lowest BCUT2D eigenvalue weighted by atomic mass is 9.95. The van der Waals surface area contributed by atoms with Crippen LogP contribution in [0.15, 0.2) is 36.5 Å². The lowest BCUT2D eigenvalue weighted by Gasteiger charge is -2.29. The number of hydrogen-bond acceptors (Lipinski definition) is 7. The number of carbonyl (C=O) groups excluding carboxylic acids is 2. The Balaban J connectivity index is 1.94. The van der Waals surface area contributed by atoms with E-state index >= 15 is 0 Å². The fourth-order valence-electron chi connectivity index (χ4n) is 4.07. The topological polar surface area (TPSA) is 113 Å². The molecule has 1 aromatic carbocycles. The van der Waals surface area contributed by atoms with E-state index in [0.717, 1.165) is 16.2 Å². The van der Waals surface area contributed by atoms with Gasteiger partial charge in [0.1, 0.15) is 11.4 Å². The van der Waals surface area contributed by atoms with E-state index in [9.17, 15) is 9.59 Å². The summed E-state index contributed by atoms with van der Waals surface area (Å²) in [5.74, 6) is 0.364. The smallest absolute Gasteiger partial charge is 0.417 e. The highest BCUT2D eigenvalue weighted by atomic mass is 16.6. The van der Waals surface area contributed by atoms with E-state index in [2.05, 4.69) is 9.97 Å². The number of nitrogens with zero attached hydrogens (tertiary/aromatic N) is 4. The first kappa shape index (κ1) is 22.3. The van der Waals surface area contributed by atoms with Crippen molar-refractivity contribution in [3.63, 3.8) is 0 Å². The largest absolute Gasteiger partial charge is 0.497 e. The highest BCUT2D eigenvalue weighted by molar-refractivity contribution is 6.11. The summed E-state index contributed by atoms with van der Waals surface area (Å²) in [6, 6.07) is 9.17. The summed E-state index contributed by atoms with van der Waals surface area (Å²) in [6.07, 6.45) is 1.40. The van der Waals surface area contributed by atoms with E-state index in [0.29, 0.717) is 34.7 Å². The summed E-state index contributed by atoms with van der Waals surface area (Å²) >= 11 is 0. The minimum atomic E-state index is -0.715. The number of anilines is 1. The van der Waals surface area contributed by atoms with Gasteiger partial charge in [-0.25, -0.2) is 19.7 Å². The van der Waals surface area contributed by atoms with Gasteiger partial charge < -0.3 is 19.8 Å². The van der Waals surface area contributed by atoms with Gasteiger partial charge in [0.15, 0.2) is 0 Å². The van der Waals surface area contributed by atoms with Gasteiger partial charge in [0.25, 0.3) is 5.91 Å². The third-order valence-corrected chi connectivity index (χ3v) is 5.44. The van der Waals surface area contributed by atoms with Gasteiger partial charge in [-0.3, -0.25) is 4.79 Å². The van der Waals surface area contributed by atoms with Gasteiger partial charge in [-0.05, 0) is 44.5 Å². The number of ether oxygens (including phenoxy) is 2. The second kappa shape index (κ2) is 8.23. The number of carbonyl (C=O) groups is 2. The van der Waals surface area contributed by atoms with Crippen molar-refractivity contribution in [3.05, 3.63) is 47.8 Å². The van der Waals surface area contributed by atoms with Crippen LogP contribution in [0.1, 0.15) is 36.8 Å². The van der Waals surface area contributed by atoms with E-state index in [1.165, 1.54) is 0 Å². The van der Waals surface area contributed by atoms with Crippen molar-refractivity contribution in [2.24, 2.45) is 7.05 Å². The molecule has 2 aromatic heterocycles. The summed E-state index contributed by atoms with van der Waals surface area (Å²) in [7, 11) is 3.47. The molecular weight excluding hydrogens is 422 g/mol. The van der Waals surface area contributed by atoms with Crippen LogP contribution in [-0.4, -0.2) is 50.7 Å². The predicted octanol–water partition coefficient (Wildman–Crippen LogP) is 3.67. The summed E-state index contributed by atoms with van der Waals surface area (Å²) in [6.45, 7) is 5.53. The maximum absolute atomic E-state index is 13.7. The van der Waals surface area contributed by atoms with Crippen molar-refractivity contribution in [1.29, 1.82) is 0 Å². The van der Waals surface area contributed by atoms with Gasteiger partial charge >= 0.3 is 6.09 Å². The molecule has 0 spiro atoms. The molecule has 0 bridgehead atoms. The number of benzene rings is 1. The van der Waals surface area contributed by atoms with Crippen molar-refractivity contribution in [3.8, 4) is 28.3 Å². The van der Waals surface area contributed by atoms with Crippen LogP contribution in [0, 0.1) is 0 Å². The zero-order valence-electron chi connectivity index (χ0n) is 19.4. The normalized spacial score (nSPS) is 13.6. The maximum Gasteiger partial charge on any atom is 0.417 e. The molecule has 3 aromatic rings. The summed E-state index contributed by atoms with van der Waals surface area (Å²) in [5.41, 5.74) is 9.10. The highest BCUT2D eigenvalue weighted by Gasteiger charge is 2.38. The molecule has 0 atom stereocenters. The summed E-state index contributed by atoms with van der Waals surface area (Å²) in [5, 5.41) is 0. The lowest BCUT2D eigenvalue weighted by Crippen LogP contribution is -2.44. The number of methoxy groups -OCH3 is 1. The van der Waals surface area contributed by atoms with Crippen LogP contribution in [0.3, 0.4) is 0 Å². The average molecular weight is 450 g/mol. The Bertz CT molecular complexity index is 1240. The minimum absolute atomic E-state index is 0.130. The van der Waals surface area contributed by atoms with Crippen LogP contribution >= 0.6 is 0 Å². The number of rotatable bonds is 3. The standard InChI is InChI=1S/C24H27N5O4/c1-24(2,3)33-23(31)29-12-10-17-19(21(29)30)18(14-7-6-8-15(13-14)32-5)20(28(17)4)16-9-11-26-22(25)27-16/h6-9,11,13H,10,12H2,1-5H3,(H2,25,26,27). The Kier molecular flexibility index (Phi) is 5.57. The molecule has 0 fully saturated rings. The fraction of sp³-hybridized carbons (Fsp3) is 0.333. The minimum Gasteiger partial charge on any atom is -0.497 e. The Hall–Kier alpha value is -3.88. The van der Waals surface area contributed by atoms with Crippen molar-refractivity contribution < 1.29 is 19.1 Å². The zero-order valence-corrected chi connectivity index (χ0v) is 19.4. The molecule has 1 aliphatic heterocycles. The van der Waals surface area contributed by atoms with E-state index in [-0.39, 0.29) is 12.5 Å². The highest BCUT2D eigenvalue weighted by Crippen LogP contribution is 2.41. The maximum atomic E-state index is 13.7. The van der Waals surface area contributed by atoms with Crippen LogP contribution in [0.4, 0.5) is 10.7 Å². The molecule has 0 aliphatic carbocycles. The molecule has 3 heterocycles. The molecule has 172 valence electrons. The molecule has 9 nitrogen and oxygen atoms in total. The molecule has 0 radical (unpaired) electrons. The Morgan fingerprint density at radius 1 is 1.18 bits per heavy atom. The quantitative estimate of drug-likeness (QED) is 0.649. The first-order chi connectivity index (χ1) is 15.6. The van der Waals surface area contributed by atoms with E-state index < -0.39 is 17.6 Å². The monoisotopic (exact) mass is 449 g/mol. The molecule has 0 saturated carbocycles. The number of amides is 2. The van der Waals surface area contributed by atoms with Gasteiger partial charge in [-0.1, -0.05) is 12.1 Å². The van der Waals surface area contributed by atoms with E-state index in [1.54, 1.807) is 40.1 Å². The third-order valence-electron chi connectivity index (χ3n) is 5.44. The van der Waals surface area contributed by atoms with Crippen molar-refractivity contribution in [1.82, 2.24) is 19.4 Å². The molecule has 2 N–H and O–H groups in total. The molecule has 9 heteroatoms. The van der Waals surface area contributed by atoms with Crippen molar-refractivity contribution in [2.75, 3.05) is 19.4 Å². The first-order valence-electron chi connectivity index (χ1n) is 10.6. The molecule has 0 unspecified atom stereocenters. The van der Waals surface area contributed by atoms with Gasteiger partial charge in [0.2, 0.25) is 5.95 Å². The number of nitrogens with two attached hydrogens (primary N) is 1. The van der Waals surface area contributed by atoms with Crippen LogP contribution in [0.5, 0.6) is 5.75 Å². The number of aromatic nitrogens is 3. The number of fused-ring (bicyclic) bond motifs is 1. The van der Waals surface area contributed by atoms with Gasteiger partial charge in [-0.2, -0.15) is 0 Å². The first-order valence-corrected chi connectivity index (χ1v) is 10.6. The lowest BCUT2D eigenvalue weighted by molar-refractivity contribution is 0.0233. The average Bonchev–Trinajstić information content (AvgIpc) is 3.06. The number of imide groups is 1. The molecule has 1 aliphatic rings. The van der Waals surface area contributed by atoms with Crippen molar-refractivity contribution in [2.45, 2.75) is 32.8 Å². The second-order valence-electron chi connectivity index (χ2n) is 8.82. The molecule has 0 saturated heterocycles. The summed E-state index contributed by atoms with van der Waals surface area (Å²) < 4.78 is 12.8. The van der Waals surface area contributed by atoms with Crippen LogP contribution in [0.2, 0.25) is 0 Å². The molecular formula is C24H27N5O4. The van der Waals surface area contributed by atoms with Gasteiger partial charge in [0, 0.05) is 37.5 Å². The second-order valence-corrected chi connectivity index (χ2v) is 8.82. The van der Waals surface area contributed by atoms with Crippen molar-refractivity contribution >= 4 is 17.9 Å². The van der Waals surface area contributed by atoms with Crippen LogP contribution in [-0.2, 0) is 18.2 Å². The fourth-order valence-corrected chi connectivity index (χ4v) is 4.07. The number of nitrogen functional groups attached to an aromatic ring is 1. The van der Waals surface area contributed by atoms with Gasteiger partial charge in [-0.15, -0.1) is 0 Å². The van der Waals surface area contributed by atoms with Crippen LogP contribution in [0.25, 0.3) is 22.5 Å². The Labute approximate surface area is 192 Å². The Morgan fingerprint density at radius 2 is 1.94 bits per heavy atom. The predicted molar refractivity (Wildman–Crippen MR) is 124 cm³/mol. The Morgan fingerprint density at radius 3 is 2.61 bits per heavy atom.